The minimum absolute atomic E-state index is 0.177. The molecule has 4 N–H and O–H groups in total. The summed E-state index contributed by atoms with van der Waals surface area (Å²) in [5.41, 5.74) is 7.90. The first-order chi connectivity index (χ1) is 18.4. The number of aryl methyl sites for hydroxylation is 1. The van der Waals surface area contributed by atoms with Crippen molar-refractivity contribution in [2.75, 3.05) is 6.61 Å². The first-order valence-electron chi connectivity index (χ1n) is 13.6. The predicted molar refractivity (Wildman–Crippen MR) is 150 cm³/mol. The molecule has 0 unspecified atom stereocenters. The number of hydrogen-bond donors (Lipinski definition) is 4. The molecule has 3 amide bonds. The van der Waals surface area contributed by atoms with Gasteiger partial charge in [-0.1, -0.05) is 88.1 Å². The first-order valence-corrected chi connectivity index (χ1v) is 13.6. The Morgan fingerprint density at radius 2 is 1.53 bits per heavy atom. The average Bonchev–Trinajstić information content (AvgIpc) is 3.31. The maximum Gasteiger partial charge on any atom is 0.334 e. The van der Waals surface area contributed by atoms with Crippen LogP contribution in [0.4, 0.5) is 4.79 Å². The van der Waals surface area contributed by atoms with Gasteiger partial charge in [-0.25, -0.2) is 15.0 Å². The fraction of sp³-hybridized carbons (Fsp3) is 0.433. The largest absolute Gasteiger partial charge is 0.464 e. The number of ether oxygens (including phenoxy) is 1. The molecule has 0 fully saturated rings. The highest BCUT2D eigenvalue weighted by molar-refractivity contribution is 5.92. The van der Waals surface area contributed by atoms with Gasteiger partial charge in [0.05, 0.1) is 6.61 Å². The third-order valence-electron chi connectivity index (χ3n) is 6.73. The van der Waals surface area contributed by atoms with Gasteiger partial charge >= 0.3 is 12.0 Å². The summed E-state index contributed by atoms with van der Waals surface area (Å²) in [5, 5.41) is 3.89. The number of hydrazine groups is 1. The molecule has 3 aromatic rings. The lowest BCUT2D eigenvalue weighted by Crippen LogP contribution is -2.60. The van der Waals surface area contributed by atoms with Gasteiger partial charge in [0.15, 0.2) is 0 Å². The Morgan fingerprint density at radius 3 is 2.18 bits per heavy atom. The van der Waals surface area contributed by atoms with Gasteiger partial charge in [0.2, 0.25) is 5.91 Å². The number of nitrogens with one attached hydrogen (secondary N) is 4. The monoisotopic (exact) mass is 520 g/mol. The lowest BCUT2D eigenvalue weighted by molar-refractivity contribution is -0.151. The minimum atomic E-state index is -1.12. The van der Waals surface area contributed by atoms with E-state index in [1.165, 1.54) is 0 Å². The van der Waals surface area contributed by atoms with Gasteiger partial charge in [-0.15, -0.1) is 0 Å². The number of carbonyl (C=O) groups is 3. The van der Waals surface area contributed by atoms with E-state index in [0.29, 0.717) is 19.3 Å². The van der Waals surface area contributed by atoms with Crippen LogP contribution in [0.1, 0.15) is 71.3 Å². The van der Waals surface area contributed by atoms with Gasteiger partial charge < -0.3 is 15.0 Å². The van der Waals surface area contributed by atoms with Crippen molar-refractivity contribution in [1.82, 2.24) is 21.2 Å². The lowest BCUT2D eigenvalue weighted by atomic mass is 9.87. The molecule has 0 aliphatic carbocycles. The summed E-state index contributed by atoms with van der Waals surface area (Å²) >= 11 is 0. The SMILES string of the molecule is CCCCC(CCCC)(NC(=O)NNC(=O)CCc1c(-c2ccccc2)[nH]c2ccccc12)C(=O)OCC. The van der Waals surface area contributed by atoms with Gasteiger partial charge in [-0.05, 0) is 43.4 Å². The van der Waals surface area contributed by atoms with Crippen molar-refractivity contribution in [2.45, 2.75) is 77.7 Å². The van der Waals surface area contributed by atoms with Crippen LogP contribution in [0.15, 0.2) is 54.6 Å². The average molecular weight is 521 g/mol. The van der Waals surface area contributed by atoms with Crippen LogP contribution in [0.2, 0.25) is 0 Å². The standard InChI is InChI=1S/C30H40N4O4/c1-4-7-20-30(21-8-5-2,28(36)38-6-3)32-29(37)34-33-26(35)19-18-24-23-16-12-13-17-25(23)31-27(24)22-14-10-9-11-15-22/h9-17,31H,4-8,18-21H2,1-3H3,(H,33,35)(H2,32,34,37). The maximum atomic E-state index is 12.9. The van der Waals surface area contributed by atoms with E-state index in [1.807, 2.05) is 68.4 Å². The molecule has 8 heteroatoms. The molecular formula is C30H40N4O4. The fourth-order valence-corrected chi connectivity index (χ4v) is 4.72. The molecule has 0 saturated heterocycles. The van der Waals surface area contributed by atoms with Gasteiger partial charge in [-0.3, -0.25) is 10.2 Å². The molecule has 38 heavy (non-hydrogen) atoms. The Balaban J connectivity index is 1.65. The number of aromatic nitrogens is 1. The van der Waals surface area contributed by atoms with E-state index in [-0.39, 0.29) is 18.9 Å². The molecule has 0 atom stereocenters. The van der Waals surface area contributed by atoms with Crippen LogP contribution in [0.25, 0.3) is 22.2 Å². The molecule has 0 radical (unpaired) electrons. The Labute approximate surface area is 224 Å². The maximum absolute atomic E-state index is 12.9. The normalized spacial score (nSPS) is 11.2. The number of para-hydroxylation sites is 1. The number of carbonyl (C=O) groups excluding carboxylic acids is 3. The van der Waals surface area contributed by atoms with Crippen LogP contribution in [0.5, 0.6) is 0 Å². The van der Waals surface area contributed by atoms with Crippen LogP contribution in [-0.2, 0) is 20.7 Å². The molecule has 204 valence electrons. The van der Waals surface area contributed by atoms with Crippen molar-refractivity contribution < 1.29 is 19.1 Å². The second-order valence-electron chi connectivity index (χ2n) is 9.53. The molecule has 8 nitrogen and oxygen atoms in total. The second kappa shape index (κ2) is 14.2. The number of benzene rings is 2. The number of fused-ring (bicyclic) bond motifs is 1. The zero-order chi connectivity index (χ0) is 27.4. The zero-order valence-electron chi connectivity index (χ0n) is 22.7. The summed E-state index contributed by atoms with van der Waals surface area (Å²) in [5.74, 6) is -0.760. The van der Waals surface area contributed by atoms with Crippen LogP contribution in [0, 0.1) is 0 Å². The highest BCUT2D eigenvalue weighted by atomic mass is 16.5. The van der Waals surface area contributed by atoms with E-state index in [1.54, 1.807) is 6.92 Å². The Kier molecular flexibility index (Phi) is 10.8. The number of aromatic amines is 1. The van der Waals surface area contributed by atoms with E-state index in [2.05, 4.69) is 21.2 Å². The Hall–Kier alpha value is -3.81. The number of unbranched alkanes of at least 4 members (excludes halogenated alkanes) is 2. The second-order valence-corrected chi connectivity index (χ2v) is 9.53. The van der Waals surface area contributed by atoms with Crippen molar-refractivity contribution in [2.24, 2.45) is 0 Å². The summed E-state index contributed by atoms with van der Waals surface area (Å²) < 4.78 is 5.32. The van der Waals surface area contributed by atoms with Crippen LogP contribution >= 0.6 is 0 Å². The summed E-state index contributed by atoms with van der Waals surface area (Å²) in [6.07, 6.45) is 4.92. The van der Waals surface area contributed by atoms with Crippen LogP contribution in [0.3, 0.4) is 0 Å². The summed E-state index contributed by atoms with van der Waals surface area (Å²) in [4.78, 5) is 41.9. The smallest absolute Gasteiger partial charge is 0.334 e. The number of hydrogen-bond acceptors (Lipinski definition) is 4. The van der Waals surface area contributed by atoms with Gasteiger partial charge in [-0.2, -0.15) is 0 Å². The molecule has 3 rings (SSSR count). The Bertz CT molecular complexity index is 1200. The Morgan fingerprint density at radius 1 is 0.868 bits per heavy atom. The highest BCUT2D eigenvalue weighted by Crippen LogP contribution is 2.31. The van der Waals surface area contributed by atoms with E-state index in [9.17, 15) is 14.4 Å². The van der Waals surface area contributed by atoms with Crippen LogP contribution < -0.4 is 16.2 Å². The van der Waals surface area contributed by atoms with Crippen molar-refractivity contribution in [3.8, 4) is 11.3 Å². The molecule has 0 aliphatic rings. The molecule has 1 heterocycles. The van der Waals surface area contributed by atoms with Gasteiger partial charge in [0.25, 0.3) is 0 Å². The third-order valence-corrected chi connectivity index (χ3v) is 6.73. The topological polar surface area (TPSA) is 112 Å². The lowest BCUT2D eigenvalue weighted by Gasteiger charge is -2.32. The molecule has 0 spiro atoms. The van der Waals surface area contributed by atoms with Gasteiger partial charge in [0.1, 0.15) is 5.54 Å². The molecule has 0 aliphatic heterocycles. The summed E-state index contributed by atoms with van der Waals surface area (Å²) in [6, 6.07) is 17.4. The van der Waals surface area contributed by atoms with Gasteiger partial charge in [0, 0.05) is 23.0 Å². The molecule has 1 aromatic heterocycles. The summed E-state index contributed by atoms with van der Waals surface area (Å²) in [6.45, 7) is 6.05. The molecule has 0 bridgehead atoms. The third kappa shape index (κ3) is 7.37. The molecular weight excluding hydrogens is 480 g/mol. The molecule has 0 saturated carbocycles. The van der Waals surface area contributed by atoms with Crippen molar-refractivity contribution in [1.29, 1.82) is 0 Å². The van der Waals surface area contributed by atoms with E-state index in [0.717, 1.165) is 53.4 Å². The predicted octanol–water partition coefficient (Wildman–Crippen LogP) is 5.78. The van der Waals surface area contributed by atoms with Crippen LogP contribution in [-0.4, -0.2) is 35.0 Å². The quantitative estimate of drug-likeness (QED) is 0.169. The number of rotatable bonds is 13. The fourth-order valence-electron chi connectivity index (χ4n) is 4.72. The number of amides is 3. The first kappa shape index (κ1) is 28.8. The minimum Gasteiger partial charge on any atom is -0.464 e. The zero-order valence-corrected chi connectivity index (χ0v) is 22.7. The van der Waals surface area contributed by atoms with E-state index in [4.69, 9.17) is 4.74 Å². The number of H-pyrrole nitrogens is 1. The highest BCUT2D eigenvalue weighted by Gasteiger charge is 2.40. The number of esters is 1. The molecule has 2 aromatic carbocycles. The summed E-state index contributed by atoms with van der Waals surface area (Å²) in [7, 11) is 0. The number of urea groups is 1. The van der Waals surface area contributed by atoms with Crippen molar-refractivity contribution in [3.05, 3.63) is 60.2 Å². The van der Waals surface area contributed by atoms with Crippen molar-refractivity contribution >= 4 is 28.8 Å². The van der Waals surface area contributed by atoms with E-state index < -0.39 is 17.5 Å². The van der Waals surface area contributed by atoms with E-state index >= 15 is 0 Å². The van der Waals surface area contributed by atoms with Crippen molar-refractivity contribution in [3.63, 3.8) is 0 Å².